The first-order chi connectivity index (χ1) is 12.4. The number of nitrogens with one attached hydrogen (secondary N) is 1. The van der Waals surface area contributed by atoms with Gasteiger partial charge < -0.3 is 0 Å². The molecule has 3 aromatic rings. The maximum atomic E-state index is 12.6. The average molecular weight is 407 g/mol. The zero-order valence-corrected chi connectivity index (χ0v) is 16.2. The van der Waals surface area contributed by atoms with Crippen LogP contribution in [0.15, 0.2) is 58.8 Å². The minimum atomic E-state index is -3.50. The van der Waals surface area contributed by atoms with E-state index in [0.29, 0.717) is 15.8 Å². The second-order valence-electron chi connectivity index (χ2n) is 5.40. The van der Waals surface area contributed by atoms with Gasteiger partial charge in [0, 0.05) is 16.0 Å². The van der Waals surface area contributed by atoms with Crippen LogP contribution in [0.1, 0.15) is 17.3 Å². The van der Waals surface area contributed by atoms with Crippen LogP contribution >= 0.6 is 22.9 Å². The second kappa shape index (κ2) is 7.57. The summed E-state index contributed by atoms with van der Waals surface area (Å²) in [6, 6.07) is 13.4. The molecule has 0 bridgehead atoms. The van der Waals surface area contributed by atoms with Gasteiger partial charge in [-0.1, -0.05) is 42.8 Å². The van der Waals surface area contributed by atoms with Gasteiger partial charge in [-0.2, -0.15) is 0 Å². The van der Waals surface area contributed by atoms with Crippen molar-refractivity contribution in [3.05, 3.63) is 64.5 Å². The van der Waals surface area contributed by atoms with Gasteiger partial charge in [-0.3, -0.25) is 10.1 Å². The summed E-state index contributed by atoms with van der Waals surface area (Å²) < 4.78 is 24.4. The minimum absolute atomic E-state index is 0.0227. The predicted octanol–water partition coefficient (Wildman–Crippen LogP) is 4.51. The van der Waals surface area contributed by atoms with Gasteiger partial charge in [0.25, 0.3) is 5.91 Å². The van der Waals surface area contributed by atoms with E-state index in [1.165, 1.54) is 23.5 Å². The van der Waals surface area contributed by atoms with Crippen molar-refractivity contribution in [2.45, 2.75) is 11.8 Å². The van der Waals surface area contributed by atoms with Crippen molar-refractivity contribution in [2.24, 2.45) is 0 Å². The van der Waals surface area contributed by atoms with Crippen LogP contribution < -0.4 is 5.32 Å². The number of benzene rings is 2. The Morgan fingerprint density at radius 2 is 1.85 bits per heavy atom. The molecule has 1 heterocycles. The Morgan fingerprint density at radius 3 is 2.54 bits per heavy atom. The Kier molecular flexibility index (Phi) is 5.41. The first-order valence-electron chi connectivity index (χ1n) is 7.75. The summed E-state index contributed by atoms with van der Waals surface area (Å²) in [5.41, 5.74) is 1.69. The SMILES string of the molecule is CCS(=O)(=O)c1ccccc1C(=O)Nc1nc(-c2ccc(Cl)cc2)cs1. The van der Waals surface area contributed by atoms with Gasteiger partial charge >= 0.3 is 0 Å². The molecule has 0 aliphatic heterocycles. The fourth-order valence-electron chi connectivity index (χ4n) is 2.33. The maximum Gasteiger partial charge on any atom is 0.258 e. The Hall–Kier alpha value is -2.22. The van der Waals surface area contributed by atoms with E-state index in [0.717, 1.165) is 5.56 Å². The number of carbonyl (C=O) groups excluding carboxylic acids is 1. The molecule has 2 aromatic carbocycles. The Balaban J connectivity index is 1.85. The lowest BCUT2D eigenvalue weighted by Crippen LogP contribution is -2.17. The minimum Gasteiger partial charge on any atom is -0.298 e. The predicted molar refractivity (Wildman–Crippen MR) is 105 cm³/mol. The number of amides is 1. The highest BCUT2D eigenvalue weighted by Crippen LogP contribution is 2.27. The number of rotatable bonds is 5. The highest BCUT2D eigenvalue weighted by Gasteiger charge is 2.21. The summed E-state index contributed by atoms with van der Waals surface area (Å²) in [4.78, 5) is 17.0. The molecule has 1 amide bonds. The molecule has 8 heteroatoms. The zero-order chi connectivity index (χ0) is 18.7. The van der Waals surface area contributed by atoms with Crippen molar-refractivity contribution < 1.29 is 13.2 Å². The van der Waals surface area contributed by atoms with E-state index in [4.69, 9.17) is 11.6 Å². The molecule has 0 atom stereocenters. The van der Waals surface area contributed by atoms with Crippen molar-refractivity contribution in [2.75, 3.05) is 11.1 Å². The summed E-state index contributed by atoms with van der Waals surface area (Å²) in [7, 11) is -3.50. The lowest BCUT2D eigenvalue weighted by Gasteiger charge is -2.08. The highest BCUT2D eigenvalue weighted by molar-refractivity contribution is 7.91. The molecule has 1 aromatic heterocycles. The standard InChI is InChI=1S/C18H15ClN2O3S2/c1-2-26(23,24)16-6-4-3-5-14(16)17(22)21-18-20-15(11-25-18)12-7-9-13(19)10-8-12/h3-11H,2H2,1H3,(H,20,21,22). The molecule has 0 aliphatic rings. The molecule has 0 saturated carbocycles. The van der Waals surface area contributed by atoms with Gasteiger partial charge in [0.1, 0.15) is 0 Å². The quantitative estimate of drug-likeness (QED) is 0.676. The molecule has 0 spiro atoms. The molecule has 0 unspecified atom stereocenters. The molecule has 26 heavy (non-hydrogen) atoms. The van der Waals surface area contributed by atoms with Crippen LogP contribution in [0.25, 0.3) is 11.3 Å². The van der Waals surface area contributed by atoms with Gasteiger partial charge in [0.15, 0.2) is 15.0 Å². The van der Waals surface area contributed by atoms with Crippen LogP contribution in [0, 0.1) is 0 Å². The molecule has 134 valence electrons. The van der Waals surface area contributed by atoms with Crippen LogP contribution in [-0.2, 0) is 9.84 Å². The van der Waals surface area contributed by atoms with Gasteiger partial charge in [0.2, 0.25) is 0 Å². The summed E-state index contributed by atoms with van der Waals surface area (Å²) in [5.74, 6) is -0.579. The largest absolute Gasteiger partial charge is 0.298 e. The normalized spacial score (nSPS) is 11.3. The summed E-state index contributed by atoms with van der Waals surface area (Å²) in [6.07, 6.45) is 0. The Morgan fingerprint density at radius 1 is 1.15 bits per heavy atom. The smallest absolute Gasteiger partial charge is 0.258 e. The number of hydrogen-bond acceptors (Lipinski definition) is 5. The van der Waals surface area contributed by atoms with Crippen molar-refractivity contribution in [1.29, 1.82) is 0 Å². The van der Waals surface area contributed by atoms with E-state index < -0.39 is 15.7 Å². The average Bonchev–Trinajstić information content (AvgIpc) is 3.10. The zero-order valence-electron chi connectivity index (χ0n) is 13.8. The van der Waals surface area contributed by atoms with Crippen molar-refractivity contribution in [3.8, 4) is 11.3 Å². The third-order valence-electron chi connectivity index (χ3n) is 3.71. The highest BCUT2D eigenvalue weighted by atomic mass is 35.5. The Bertz CT molecular complexity index is 1040. The van der Waals surface area contributed by atoms with Gasteiger partial charge in [0.05, 0.1) is 21.9 Å². The van der Waals surface area contributed by atoms with Crippen molar-refractivity contribution >= 4 is 43.8 Å². The summed E-state index contributed by atoms with van der Waals surface area (Å²) >= 11 is 7.15. The maximum absolute atomic E-state index is 12.6. The third-order valence-corrected chi connectivity index (χ3v) is 6.51. The van der Waals surface area contributed by atoms with E-state index >= 15 is 0 Å². The molecule has 0 saturated heterocycles. The van der Waals surface area contributed by atoms with Crippen molar-refractivity contribution in [3.63, 3.8) is 0 Å². The van der Waals surface area contributed by atoms with E-state index in [9.17, 15) is 13.2 Å². The number of hydrogen-bond donors (Lipinski definition) is 1. The van der Waals surface area contributed by atoms with Crippen LogP contribution in [0.5, 0.6) is 0 Å². The Labute approximate surface area is 160 Å². The fraction of sp³-hybridized carbons (Fsp3) is 0.111. The third kappa shape index (κ3) is 3.95. The topological polar surface area (TPSA) is 76.1 Å². The second-order valence-corrected chi connectivity index (χ2v) is 8.94. The monoisotopic (exact) mass is 406 g/mol. The number of thiazole rings is 1. The lowest BCUT2D eigenvalue weighted by atomic mass is 10.2. The molecule has 3 rings (SSSR count). The summed E-state index contributed by atoms with van der Waals surface area (Å²) in [6.45, 7) is 1.54. The number of anilines is 1. The molecular formula is C18H15ClN2O3S2. The number of aromatic nitrogens is 1. The number of nitrogens with zero attached hydrogens (tertiary/aromatic N) is 1. The van der Waals surface area contributed by atoms with Crippen LogP contribution in [0.4, 0.5) is 5.13 Å². The van der Waals surface area contributed by atoms with Gasteiger partial charge in [-0.15, -0.1) is 11.3 Å². The number of halogens is 1. The van der Waals surface area contributed by atoms with Crippen molar-refractivity contribution in [1.82, 2.24) is 4.98 Å². The molecule has 0 fully saturated rings. The van der Waals surface area contributed by atoms with Gasteiger partial charge in [-0.25, -0.2) is 13.4 Å². The van der Waals surface area contributed by atoms with E-state index in [2.05, 4.69) is 10.3 Å². The van der Waals surface area contributed by atoms with Crippen LogP contribution in [-0.4, -0.2) is 25.1 Å². The molecule has 5 nitrogen and oxygen atoms in total. The van der Waals surface area contributed by atoms with Crippen LogP contribution in [0.3, 0.4) is 0 Å². The van der Waals surface area contributed by atoms with E-state index in [1.807, 2.05) is 17.5 Å². The first kappa shape index (κ1) is 18.6. The van der Waals surface area contributed by atoms with Gasteiger partial charge in [-0.05, 0) is 24.3 Å². The molecule has 0 aliphatic carbocycles. The molecular weight excluding hydrogens is 392 g/mol. The molecule has 1 N–H and O–H groups in total. The number of sulfone groups is 1. The lowest BCUT2D eigenvalue weighted by molar-refractivity contribution is 0.102. The molecule has 0 radical (unpaired) electrons. The fourth-order valence-corrected chi connectivity index (χ4v) is 4.26. The van der Waals surface area contributed by atoms with E-state index in [-0.39, 0.29) is 16.2 Å². The first-order valence-corrected chi connectivity index (χ1v) is 10.7. The summed E-state index contributed by atoms with van der Waals surface area (Å²) in [5, 5.41) is 5.51. The van der Waals surface area contributed by atoms with E-state index in [1.54, 1.807) is 31.2 Å². The number of carbonyl (C=O) groups is 1. The van der Waals surface area contributed by atoms with Crippen LogP contribution in [0.2, 0.25) is 5.02 Å².